The molecule has 2 aliphatic rings. The molecule has 1 aliphatic heterocycles. The van der Waals surface area contributed by atoms with Crippen LogP contribution in [0.3, 0.4) is 0 Å². The zero-order chi connectivity index (χ0) is 27.4. The third-order valence-electron chi connectivity index (χ3n) is 6.54. The molecule has 1 aromatic rings. The summed E-state index contributed by atoms with van der Waals surface area (Å²) < 4.78 is 40.2. The molecule has 4 N–H and O–H groups in total. The van der Waals surface area contributed by atoms with Gasteiger partial charge in [0.15, 0.2) is 5.44 Å². The third kappa shape index (κ3) is 8.56. The summed E-state index contributed by atoms with van der Waals surface area (Å²) in [5.41, 5.74) is -2.20. The van der Waals surface area contributed by atoms with E-state index in [1.54, 1.807) is 12.1 Å². The average molecular weight is 559 g/mol. The fourth-order valence-corrected chi connectivity index (χ4v) is 5.11. The molecule has 0 spiro atoms. The summed E-state index contributed by atoms with van der Waals surface area (Å²) in [7, 11) is -5.19. The van der Waals surface area contributed by atoms with Crippen LogP contribution in [-0.2, 0) is 30.9 Å². The van der Waals surface area contributed by atoms with Gasteiger partial charge >= 0.3 is 6.09 Å². The first kappa shape index (κ1) is 29.2. The van der Waals surface area contributed by atoms with Crippen molar-refractivity contribution in [3.8, 4) is 0 Å². The number of carbonyl (C=O) groups excluding carboxylic acids is 3. The van der Waals surface area contributed by atoms with E-state index in [2.05, 4.69) is 16.0 Å². The maximum Gasteiger partial charge on any atom is 0.408 e. The van der Waals surface area contributed by atoms with Crippen LogP contribution in [0.1, 0.15) is 51.5 Å². The topological polar surface area (TPSA) is 174 Å². The Morgan fingerprint density at radius 2 is 1.89 bits per heavy atom. The molecule has 2 fully saturated rings. The Balaban J connectivity index is 1.67. The molecular formula is C24H33ClN3O8S-. The first-order chi connectivity index (χ1) is 17.3. The lowest BCUT2D eigenvalue weighted by molar-refractivity contribution is -0.126. The van der Waals surface area contributed by atoms with Crippen molar-refractivity contribution in [1.29, 1.82) is 0 Å². The van der Waals surface area contributed by atoms with Crippen LogP contribution < -0.4 is 16.0 Å². The Bertz CT molecular complexity index is 1090. The van der Waals surface area contributed by atoms with E-state index in [1.165, 1.54) is 0 Å². The SMILES string of the molecule is CC(C)C[C@H](NC(=O)OC1(Cc2ccc(Cl)cc2)CC1)C(=O)N[C@@H](C[C@@H]1CCNC1=O)C(O)S(=O)(=O)[O-]. The van der Waals surface area contributed by atoms with Crippen LogP contribution in [0.5, 0.6) is 0 Å². The summed E-state index contributed by atoms with van der Waals surface area (Å²) in [4.78, 5) is 37.8. The van der Waals surface area contributed by atoms with Crippen molar-refractivity contribution in [3.05, 3.63) is 34.9 Å². The van der Waals surface area contributed by atoms with Gasteiger partial charge in [0.2, 0.25) is 11.8 Å². The second kappa shape index (κ2) is 12.0. The molecule has 11 nitrogen and oxygen atoms in total. The van der Waals surface area contributed by atoms with Crippen LogP contribution >= 0.6 is 11.6 Å². The summed E-state index contributed by atoms with van der Waals surface area (Å²) in [6, 6.07) is 4.53. The number of nitrogens with one attached hydrogen (secondary N) is 3. The van der Waals surface area contributed by atoms with Crippen LogP contribution in [0.25, 0.3) is 0 Å². The van der Waals surface area contributed by atoms with Crippen LogP contribution in [0.2, 0.25) is 5.02 Å². The molecule has 1 unspecified atom stereocenters. The average Bonchev–Trinajstić information content (AvgIpc) is 3.42. The minimum Gasteiger partial charge on any atom is -0.746 e. The Labute approximate surface area is 221 Å². The Hall–Kier alpha value is -2.41. The lowest BCUT2D eigenvalue weighted by Crippen LogP contribution is -2.55. The van der Waals surface area contributed by atoms with E-state index >= 15 is 0 Å². The van der Waals surface area contributed by atoms with E-state index in [9.17, 15) is 32.5 Å². The lowest BCUT2D eigenvalue weighted by Gasteiger charge is -2.30. The van der Waals surface area contributed by atoms with E-state index < -0.39 is 51.2 Å². The number of amides is 3. The normalized spacial score (nSPS) is 21.0. The Kier molecular flexibility index (Phi) is 9.43. The molecule has 0 bridgehead atoms. The standard InChI is InChI=1S/C24H34ClN3O8S/c1-14(2)11-18(28-23(32)36-24(8-9-24)13-15-3-5-17(25)6-4-15)21(30)27-19(22(31)37(33,34)35)12-16-7-10-26-20(16)29/h3-6,14,16,18-19,22,31H,7-13H2,1-2H3,(H,26,29)(H,27,30)(H,28,32)(H,33,34,35)/p-1/t16-,18-,19-,22?/m0/s1. The van der Waals surface area contributed by atoms with E-state index in [0.717, 1.165) is 5.56 Å². The molecule has 4 atom stereocenters. The smallest absolute Gasteiger partial charge is 0.408 e. The number of hydrogen-bond donors (Lipinski definition) is 4. The van der Waals surface area contributed by atoms with Crippen molar-refractivity contribution in [2.75, 3.05) is 6.54 Å². The van der Waals surface area contributed by atoms with Gasteiger partial charge in [-0.1, -0.05) is 37.6 Å². The van der Waals surface area contributed by atoms with Crippen LogP contribution in [-0.4, -0.2) is 65.7 Å². The summed E-state index contributed by atoms with van der Waals surface area (Å²) in [6.45, 7) is 4.02. The predicted octanol–water partition coefficient (Wildman–Crippen LogP) is 1.43. The van der Waals surface area contributed by atoms with Crippen molar-refractivity contribution in [1.82, 2.24) is 16.0 Å². The first-order valence-electron chi connectivity index (χ1n) is 12.2. The van der Waals surface area contributed by atoms with Crippen molar-refractivity contribution in [2.45, 2.75) is 75.5 Å². The largest absolute Gasteiger partial charge is 0.746 e. The van der Waals surface area contributed by atoms with Gasteiger partial charge in [0.05, 0.1) is 6.04 Å². The molecule has 0 radical (unpaired) electrons. The Morgan fingerprint density at radius 1 is 1.24 bits per heavy atom. The van der Waals surface area contributed by atoms with E-state index in [0.29, 0.717) is 37.3 Å². The molecule has 206 valence electrons. The van der Waals surface area contributed by atoms with Crippen LogP contribution in [0.4, 0.5) is 4.79 Å². The highest BCUT2D eigenvalue weighted by Gasteiger charge is 2.47. The van der Waals surface area contributed by atoms with E-state index in [-0.39, 0.29) is 24.7 Å². The number of alkyl carbamates (subject to hydrolysis) is 1. The number of carbonyl (C=O) groups is 3. The number of rotatable bonds is 12. The lowest BCUT2D eigenvalue weighted by atomic mass is 9.97. The highest BCUT2D eigenvalue weighted by molar-refractivity contribution is 7.86. The summed E-state index contributed by atoms with van der Waals surface area (Å²) in [5.74, 6) is -1.87. The number of hydrogen-bond acceptors (Lipinski definition) is 8. The van der Waals surface area contributed by atoms with Gasteiger partial charge in [-0.05, 0) is 55.7 Å². The first-order valence-corrected chi connectivity index (χ1v) is 14.1. The van der Waals surface area contributed by atoms with Gasteiger partial charge in [-0.25, -0.2) is 13.2 Å². The summed E-state index contributed by atoms with van der Waals surface area (Å²) >= 11 is 5.93. The van der Waals surface area contributed by atoms with Crippen molar-refractivity contribution < 1.29 is 37.2 Å². The van der Waals surface area contributed by atoms with Crippen LogP contribution in [0, 0.1) is 11.8 Å². The quantitative estimate of drug-likeness (QED) is 0.279. The molecule has 3 amide bonds. The zero-order valence-corrected chi connectivity index (χ0v) is 22.3. The third-order valence-corrected chi connectivity index (χ3v) is 7.71. The number of aliphatic hydroxyl groups excluding tert-OH is 1. The minimum atomic E-state index is -5.19. The van der Waals surface area contributed by atoms with Crippen molar-refractivity contribution in [3.63, 3.8) is 0 Å². The van der Waals surface area contributed by atoms with Gasteiger partial charge in [-0.3, -0.25) is 9.59 Å². The molecule has 3 rings (SSSR count). The molecule has 1 aromatic carbocycles. The molecule has 13 heteroatoms. The van der Waals surface area contributed by atoms with Gasteiger partial charge in [0, 0.05) is 23.9 Å². The second-order valence-corrected chi connectivity index (χ2v) is 12.1. The van der Waals surface area contributed by atoms with Gasteiger partial charge in [-0.2, -0.15) is 0 Å². The molecule has 0 aromatic heterocycles. The van der Waals surface area contributed by atoms with Gasteiger partial charge in [-0.15, -0.1) is 0 Å². The monoisotopic (exact) mass is 558 g/mol. The van der Waals surface area contributed by atoms with Gasteiger partial charge in [0.1, 0.15) is 21.8 Å². The van der Waals surface area contributed by atoms with E-state index in [4.69, 9.17) is 16.3 Å². The van der Waals surface area contributed by atoms with Crippen molar-refractivity contribution >= 4 is 39.6 Å². The zero-order valence-electron chi connectivity index (χ0n) is 20.7. The molecule has 1 heterocycles. The fraction of sp³-hybridized carbons (Fsp3) is 0.625. The molecular weight excluding hydrogens is 526 g/mol. The van der Waals surface area contributed by atoms with Gasteiger partial charge in [0.25, 0.3) is 0 Å². The molecule has 1 saturated carbocycles. The van der Waals surface area contributed by atoms with Crippen LogP contribution in [0.15, 0.2) is 24.3 Å². The predicted molar refractivity (Wildman–Crippen MR) is 133 cm³/mol. The number of halogens is 1. The van der Waals surface area contributed by atoms with Gasteiger partial charge < -0.3 is 30.3 Å². The maximum absolute atomic E-state index is 13.1. The number of benzene rings is 1. The highest BCUT2D eigenvalue weighted by atomic mass is 35.5. The molecule has 37 heavy (non-hydrogen) atoms. The maximum atomic E-state index is 13.1. The molecule has 1 aliphatic carbocycles. The number of aliphatic hydroxyl groups is 1. The van der Waals surface area contributed by atoms with E-state index in [1.807, 2.05) is 26.0 Å². The summed E-state index contributed by atoms with van der Waals surface area (Å²) in [5, 5.41) is 18.2. The summed E-state index contributed by atoms with van der Waals surface area (Å²) in [6.07, 6.45) is 1.29. The van der Waals surface area contributed by atoms with Crippen molar-refractivity contribution in [2.24, 2.45) is 11.8 Å². The Morgan fingerprint density at radius 3 is 2.41 bits per heavy atom. The number of ether oxygens (including phenoxy) is 1. The second-order valence-electron chi connectivity index (χ2n) is 10.2. The fourth-order valence-electron chi connectivity index (χ4n) is 4.41. The molecule has 1 saturated heterocycles. The highest BCUT2D eigenvalue weighted by Crippen LogP contribution is 2.42. The minimum absolute atomic E-state index is 0.0489.